The minimum absolute atomic E-state index is 0.0318. The molecule has 5 rings (SSSR count). The molecule has 0 unspecified atom stereocenters. The Morgan fingerprint density at radius 3 is 2.68 bits per heavy atom. The summed E-state index contributed by atoms with van der Waals surface area (Å²) in [6, 6.07) is 0. The van der Waals surface area contributed by atoms with Crippen LogP contribution in [0.2, 0.25) is 0 Å². The zero-order chi connectivity index (χ0) is 22.0. The summed E-state index contributed by atoms with van der Waals surface area (Å²) in [4.78, 5) is 39.9. The van der Waals surface area contributed by atoms with Crippen molar-refractivity contribution >= 4 is 12.3 Å². The highest BCUT2D eigenvalue weighted by molar-refractivity contribution is 5.85. The molecule has 0 aromatic rings. The first-order chi connectivity index (χ1) is 14.7. The van der Waals surface area contributed by atoms with Crippen molar-refractivity contribution in [2.75, 3.05) is 6.61 Å². The van der Waals surface area contributed by atoms with E-state index in [-0.39, 0.29) is 35.1 Å². The second-order valence-corrected chi connectivity index (χ2v) is 10.7. The second kappa shape index (κ2) is 7.02. The van der Waals surface area contributed by atoms with Crippen LogP contribution in [0.4, 0.5) is 0 Å². The predicted molar refractivity (Wildman–Crippen MR) is 108 cm³/mol. The number of rotatable bonds is 4. The van der Waals surface area contributed by atoms with Gasteiger partial charge in [0.1, 0.15) is 19.0 Å². The number of carbonyl (C=O) groups excluding carboxylic acids is 2. The van der Waals surface area contributed by atoms with Gasteiger partial charge in [-0.15, -0.1) is 10.1 Å². The molecular formula is C23H31NO7. The predicted octanol–water partition coefficient (Wildman–Crippen LogP) is 3.00. The molecule has 0 radical (unpaired) electrons. The molecule has 0 aromatic heterocycles. The monoisotopic (exact) mass is 433 g/mol. The lowest BCUT2D eigenvalue weighted by Crippen LogP contribution is -2.63. The van der Waals surface area contributed by atoms with Gasteiger partial charge in [-0.2, -0.15) is 0 Å². The average molecular weight is 434 g/mol. The Kier molecular flexibility index (Phi) is 4.74. The van der Waals surface area contributed by atoms with E-state index in [4.69, 9.17) is 9.57 Å². The Morgan fingerprint density at radius 2 is 2.00 bits per heavy atom. The molecule has 8 atom stereocenters. The van der Waals surface area contributed by atoms with E-state index in [1.54, 1.807) is 6.08 Å². The molecule has 31 heavy (non-hydrogen) atoms. The normalized spacial score (nSPS) is 48.6. The highest BCUT2D eigenvalue weighted by atomic mass is 17.0. The lowest BCUT2D eigenvalue weighted by molar-refractivity contribution is -0.769. The van der Waals surface area contributed by atoms with Crippen molar-refractivity contribution in [2.45, 2.75) is 76.4 Å². The van der Waals surface area contributed by atoms with Gasteiger partial charge in [-0.25, -0.2) is 4.79 Å². The third-order valence-corrected chi connectivity index (χ3v) is 9.96. The number of aliphatic hydroxyl groups is 1. The third-order valence-electron chi connectivity index (χ3n) is 9.96. The molecule has 1 heterocycles. The smallest absolute Gasteiger partial charge is 0.331 e. The summed E-state index contributed by atoms with van der Waals surface area (Å²) >= 11 is 0. The minimum atomic E-state index is -0.873. The summed E-state index contributed by atoms with van der Waals surface area (Å²) in [5.41, 5.74) is -0.739. The number of ether oxygens (including phenoxy) is 1. The Morgan fingerprint density at radius 1 is 1.19 bits per heavy atom. The molecule has 4 aliphatic carbocycles. The zero-order valence-corrected chi connectivity index (χ0v) is 18.0. The fourth-order valence-corrected chi connectivity index (χ4v) is 8.51. The number of carbonyl (C=O) groups is 2. The van der Waals surface area contributed by atoms with Gasteiger partial charge in [-0.1, -0.05) is 6.92 Å². The molecule has 0 aromatic carbocycles. The maximum absolute atomic E-state index is 12.6. The van der Waals surface area contributed by atoms with Gasteiger partial charge in [0.2, 0.25) is 0 Å². The highest BCUT2D eigenvalue weighted by Crippen LogP contribution is 2.69. The molecule has 4 fully saturated rings. The Balaban J connectivity index is 1.43. The maximum atomic E-state index is 12.6. The third kappa shape index (κ3) is 2.82. The van der Waals surface area contributed by atoms with Crippen molar-refractivity contribution in [3.63, 3.8) is 0 Å². The number of fused-ring (bicyclic) bond motifs is 5. The first-order valence-corrected chi connectivity index (χ1v) is 11.6. The largest absolute Gasteiger partial charge is 0.458 e. The van der Waals surface area contributed by atoms with E-state index < -0.39 is 22.2 Å². The van der Waals surface area contributed by atoms with E-state index in [1.165, 1.54) is 0 Å². The molecule has 5 aliphatic rings. The Bertz CT molecular complexity index is 842. The molecular weight excluding hydrogens is 402 g/mol. The molecule has 8 heteroatoms. The number of cyclic esters (lactones) is 1. The summed E-state index contributed by atoms with van der Waals surface area (Å²) in [6.07, 6.45) is 8.68. The van der Waals surface area contributed by atoms with Gasteiger partial charge in [-0.3, -0.25) is 0 Å². The van der Waals surface area contributed by atoms with Crippen LogP contribution >= 0.6 is 0 Å². The summed E-state index contributed by atoms with van der Waals surface area (Å²) in [7, 11) is 0. The quantitative estimate of drug-likeness (QED) is 0.313. The van der Waals surface area contributed by atoms with Crippen LogP contribution in [0.15, 0.2) is 11.6 Å². The van der Waals surface area contributed by atoms with Gasteiger partial charge in [0, 0.05) is 16.9 Å². The first-order valence-electron chi connectivity index (χ1n) is 11.6. The van der Waals surface area contributed by atoms with Gasteiger partial charge in [0.25, 0.3) is 5.09 Å². The van der Waals surface area contributed by atoms with E-state index >= 15 is 0 Å². The standard InChI is InChI=1S/C23H31NO7/c1-21-7-5-18-19(23(21,27)9-6-17(21)14-10-20(26)30-12-14)3-2-15-11-16(31-24(28)29)4-8-22(15,18)13-25/h10,13,15-19,27H,2-9,11-12H2,1H3/t15-,16-,17+,18+,19+,21-,22-,23-/m1/s1. The van der Waals surface area contributed by atoms with Crippen LogP contribution in [0.25, 0.3) is 0 Å². The highest BCUT2D eigenvalue weighted by Gasteiger charge is 2.68. The van der Waals surface area contributed by atoms with E-state index in [1.807, 2.05) is 0 Å². The Labute approximate surface area is 181 Å². The number of hydrogen-bond acceptors (Lipinski definition) is 7. The Hall–Kier alpha value is -1.96. The number of nitrogens with zero attached hydrogens (tertiary/aromatic N) is 1. The van der Waals surface area contributed by atoms with E-state index in [0.29, 0.717) is 32.3 Å². The molecule has 0 spiro atoms. The van der Waals surface area contributed by atoms with Gasteiger partial charge in [0.05, 0.1) is 5.60 Å². The molecule has 1 aliphatic heterocycles. The van der Waals surface area contributed by atoms with Crippen molar-refractivity contribution in [1.82, 2.24) is 0 Å². The van der Waals surface area contributed by atoms with Crippen molar-refractivity contribution in [3.8, 4) is 0 Å². The molecule has 0 bridgehead atoms. The van der Waals surface area contributed by atoms with Gasteiger partial charge in [-0.05, 0) is 87.0 Å². The van der Waals surface area contributed by atoms with Gasteiger partial charge < -0.3 is 19.5 Å². The first kappa shape index (κ1) is 20.9. The molecule has 8 nitrogen and oxygen atoms in total. The number of esters is 1. The molecule has 0 amide bonds. The molecule has 0 saturated heterocycles. The van der Waals surface area contributed by atoms with Crippen molar-refractivity contribution in [1.29, 1.82) is 0 Å². The van der Waals surface area contributed by atoms with Crippen LogP contribution < -0.4 is 0 Å². The zero-order valence-electron chi connectivity index (χ0n) is 18.0. The fraction of sp³-hybridized carbons (Fsp3) is 0.826. The summed E-state index contributed by atoms with van der Waals surface area (Å²) < 4.78 is 5.16. The lowest BCUT2D eigenvalue weighted by atomic mass is 9.43. The van der Waals surface area contributed by atoms with Gasteiger partial charge in [0.15, 0.2) is 0 Å². The number of hydrogen-bond donors (Lipinski definition) is 1. The van der Waals surface area contributed by atoms with E-state index in [2.05, 4.69) is 6.92 Å². The van der Waals surface area contributed by atoms with E-state index in [0.717, 1.165) is 44.0 Å². The SMILES string of the molecule is C[C@]12CC[C@H]3[C@H](CC[C@@H]4C[C@H](O[N+](=O)[O-])CC[C@@]43C=O)[C@]1(O)CC[C@H]2C1=CC(=O)OC1. The summed E-state index contributed by atoms with van der Waals surface area (Å²) in [5.74, 6) is 0.0198. The van der Waals surface area contributed by atoms with Crippen LogP contribution in [0.5, 0.6) is 0 Å². The topological polar surface area (TPSA) is 116 Å². The number of aldehydes is 1. The van der Waals surface area contributed by atoms with E-state index in [9.17, 15) is 24.8 Å². The van der Waals surface area contributed by atoms with Crippen molar-refractivity contribution in [2.24, 2.45) is 34.5 Å². The molecule has 4 saturated carbocycles. The molecule has 1 N–H and O–H groups in total. The molecule has 170 valence electrons. The summed E-state index contributed by atoms with van der Waals surface area (Å²) in [6.45, 7) is 2.48. The minimum Gasteiger partial charge on any atom is -0.458 e. The van der Waals surface area contributed by atoms with Crippen LogP contribution in [0.3, 0.4) is 0 Å². The fourth-order valence-electron chi connectivity index (χ4n) is 8.51. The van der Waals surface area contributed by atoms with Crippen LogP contribution in [0, 0.1) is 44.6 Å². The van der Waals surface area contributed by atoms with Crippen molar-refractivity contribution in [3.05, 3.63) is 21.8 Å². The van der Waals surface area contributed by atoms with Crippen LogP contribution in [0.1, 0.15) is 64.7 Å². The maximum Gasteiger partial charge on any atom is 0.331 e. The van der Waals surface area contributed by atoms with Gasteiger partial charge >= 0.3 is 5.97 Å². The van der Waals surface area contributed by atoms with Crippen molar-refractivity contribution < 1.29 is 29.4 Å². The van der Waals surface area contributed by atoms with Crippen LogP contribution in [-0.2, 0) is 19.2 Å². The second-order valence-electron chi connectivity index (χ2n) is 10.7. The summed E-state index contributed by atoms with van der Waals surface area (Å²) in [5, 5.41) is 22.2. The average Bonchev–Trinajstić information content (AvgIpc) is 3.27. The lowest BCUT2D eigenvalue weighted by Gasteiger charge is -2.63. The van der Waals surface area contributed by atoms with Crippen LogP contribution in [-0.4, -0.2) is 40.8 Å².